The molecule has 0 fully saturated rings. The van der Waals surface area contributed by atoms with E-state index in [1.807, 2.05) is 6.07 Å². The first-order chi connectivity index (χ1) is 15.8. The van der Waals surface area contributed by atoms with Gasteiger partial charge in [0.1, 0.15) is 18.8 Å². The molecule has 3 rings (SSSR count). The zero-order chi connectivity index (χ0) is 23.8. The largest absolute Gasteiger partial charge is 0.488 e. The summed E-state index contributed by atoms with van der Waals surface area (Å²) >= 11 is 21.5. The number of hydrogen-bond acceptors (Lipinski definition) is 4. The summed E-state index contributed by atoms with van der Waals surface area (Å²) in [7, 11) is 0. The summed E-state index contributed by atoms with van der Waals surface area (Å²) in [5.74, 6) is -0.568. The smallest absolute Gasteiger partial charge is 0.249 e. The topological polar surface area (TPSA) is 79.8 Å². The Bertz CT molecular complexity index is 1200. The summed E-state index contributed by atoms with van der Waals surface area (Å²) in [5, 5.41) is 7.92. The Kier molecular flexibility index (Phi) is 9.14. The second-order valence-corrected chi connectivity index (χ2v) is 8.87. The molecule has 6 nitrogen and oxygen atoms in total. The Morgan fingerprint density at radius 3 is 2.52 bits per heavy atom. The molecule has 0 aliphatic carbocycles. The lowest BCUT2D eigenvalue weighted by Crippen LogP contribution is -2.24. The number of carbonyl (C=O) groups is 2. The van der Waals surface area contributed by atoms with Gasteiger partial charge in [0.15, 0.2) is 0 Å². The van der Waals surface area contributed by atoms with Crippen molar-refractivity contribution in [3.8, 4) is 5.75 Å². The third-order valence-corrected chi connectivity index (χ3v) is 5.64. The van der Waals surface area contributed by atoms with Crippen molar-refractivity contribution in [3.05, 3.63) is 91.3 Å². The SMILES string of the molecule is O=C(CC(=O)Nc1ccccc1Cl)NN=Cc1cc(Br)ccc1OCc1ccc(Cl)cc1Cl. The number of nitrogens with zero attached hydrogens (tertiary/aromatic N) is 1. The number of ether oxygens (including phenoxy) is 1. The standard InChI is InChI=1S/C23H17BrCl3N3O3/c24-16-6-8-21(33-13-14-5-7-17(25)10-19(14)27)15(9-16)12-28-30-23(32)11-22(31)29-20-4-2-1-3-18(20)26/h1-10,12H,11,13H2,(H,29,31)(H,30,32). The van der Waals surface area contributed by atoms with Crippen molar-refractivity contribution >= 4 is 74.4 Å². The van der Waals surface area contributed by atoms with E-state index in [-0.39, 0.29) is 6.61 Å². The van der Waals surface area contributed by atoms with E-state index in [4.69, 9.17) is 39.5 Å². The van der Waals surface area contributed by atoms with Crippen molar-refractivity contribution < 1.29 is 14.3 Å². The summed E-state index contributed by atoms with van der Waals surface area (Å²) in [6, 6.07) is 17.2. The van der Waals surface area contributed by atoms with E-state index in [2.05, 4.69) is 31.8 Å². The van der Waals surface area contributed by atoms with Gasteiger partial charge in [-0.15, -0.1) is 0 Å². The van der Waals surface area contributed by atoms with Gasteiger partial charge in [0.25, 0.3) is 0 Å². The lowest BCUT2D eigenvalue weighted by molar-refractivity contribution is -0.126. The van der Waals surface area contributed by atoms with Crippen LogP contribution < -0.4 is 15.5 Å². The highest BCUT2D eigenvalue weighted by atomic mass is 79.9. The Morgan fingerprint density at radius 1 is 0.970 bits per heavy atom. The van der Waals surface area contributed by atoms with Gasteiger partial charge in [-0.25, -0.2) is 5.43 Å². The lowest BCUT2D eigenvalue weighted by atomic mass is 10.2. The molecule has 0 saturated heterocycles. The molecule has 170 valence electrons. The van der Waals surface area contributed by atoms with Crippen molar-refractivity contribution in [2.45, 2.75) is 13.0 Å². The fraction of sp³-hybridized carbons (Fsp3) is 0.0870. The van der Waals surface area contributed by atoms with Crippen LogP contribution in [0.4, 0.5) is 5.69 Å². The molecule has 0 unspecified atom stereocenters. The first-order valence-electron chi connectivity index (χ1n) is 9.54. The van der Waals surface area contributed by atoms with Crippen LogP contribution >= 0.6 is 50.7 Å². The van der Waals surface area contributed by atoms with Crippen LogP contribution in [0.3, 0.4) is 0 Å². The van der Waals surface area contributed by atoms with Crippen molar-refractivity contribution in [2.75, 3.05) is 5.32 Å². The molecule has 33 heavy (non-hydrogen) atoms. The van der Waals surface area contributed by atoms with Gasteiger partial charge in [0, 0.05) is 25.6 Å². The number of amides is 2. The van der Waals surface area contributed by atoms with Crippen LogP contribution in [0.2, 0.25) is 15.1 Å². The fourth-order valence-electron chi connectivity index (χ4n) is 2.66. The molecule has 10 heteroatoms. The van der Waals surface area contributed by atoms with E-state index in [1.165, 1.54) is 6.21 Å². The Morgan fingerprint density at radius 2 is 1.76 bits per heavy atom. The molecule has 0 bridgehead atoms. The van der Waals surface area contributed by atoms with Crippen LogP contribution in [-0.2, 0) is 16.2 Å². The van der Waals surface area contributed by atoms with Gasteiger partial charge in [0.2, 0.25) is 11.8 Å². The zero-order valence-electron chi connectivity index (χ0n) is 16.9. The van der Waals surface area contributed by atoms with Gasteiger partial charge in [-0.05, 0) is 42.5 Å². The first kappa shape index (κ1) is 25.1. The van der Waals surface area contributed by atoms with E-state index in [0.717, 1.165) is 10.0 Å². The minimum Gasteiger partial charge on any atom is -0.488 e. The van der Waals surface area contributed by atoms with Crippen molar-refractivity contribution in [2.24, 2.45) is 5.10 Å². The van der Waals surface area contributed by atoms with Crippen LogP contribution in [0, 0.1) is 0 Å². The van der Waals surface area contributed by atoms with Crippen molar-refractivity contribution in [1.82, 2.24) is 5.43 Å². The number of nitrogens with one attached hydrogen (secondary N) is 2. The van der Waals surface area contributed by atoms with Crippen LogP contribution in [0.1, 0.15) is 17.5 Å². The normalized spacial score (nSPS) is 10.8. The van der Waals surface area contributed by atoms with Crippen LogP contribution in [-0.4, -0.2) is 18.0 Å². The van der Waals surface area contributed by atoms with E-state index >= 15 is 0 Å². The Balaban J connectivity index is 1.58. The van der Waals surface area contributed by atoms with Gasteiger partial charge in [-0.2, -0.15) is 5.10 Å². The van der Waals surface area contributed by atoms with Crippen molar-refractivity contribution in [3.63, 3.8) is 0 Å². The molecule has 0 aliphatic rings. The molecule has 0 aliphatic heterocycles. The molecule has 0 aromatic heterocycles. The maximum Gasteiger partial charge on any atom is 0.249 e. The van der Waals surface area contributed by atoms with E-state index in [1.54, 1.807) is 54.6 Å². The van der Waals surface area contributed by atoms with E-state index < -0.39 is 18.2 Å². The highest BCUT2D eigenvalue weighted by molar-refractivity contribution is 9.10. The van der Waals surface area contributed by atoms with Crippen LogP contribution in [0.15, 0.2) is 70.2 Å². The number of benzene rings is 3. The number of hydrogen-bond donors (Lipinski definition) is 2. The summed E-state index contributed by atoms with van der Waals surface area (Å²) in [6.07, 6.45) is 1.01. The Labute approximate surface area is 214 Å². The summed E-state index contributed by atoms with van der Waals surface area (Å²) in [4.78, 5) is 24.1. The molecule has 0 atom stereocenters. The molecule has 3 aromatic rings. The predicted molar refractivity (Wildman–Crippen MR) is 135 cm³/mol. The quantitative estimate of drug-likeness (QED) is 0.186. The first-order valence-corrected chi connectivity index (χ1v) is 11.5. The lowest BCUT2D eigenvalue weighted by Gasteiger charge is -2.11. The second kappa shape index (κ2) is 12.0. The molecule has 2 N–H and O–H groups in total. The third-order valence-electron chi connectivity index (χ3n) is 4.23. The average Bonchev–Trinajstić information content (AvgIpc) is 2.76. The van der Waals surface area contributed by atoms with Gasteiger partial charge < -0.3 is 10.1 Å². The number of halogens is 4. The minimum atomic E-state index is -0.582. The van der Waals surface area contributed by atoms with Gasteiger partial charge in [-0.3, -0.25) is 9.59 Å². The molecule has 0 saturated carbocycles. The highest BCUT2D eigenvalue weighted by Gasteiger charge is 2.11. The summed E-state index contributed by atoms with van der Waals surface area (Å²) in [5.41, 5.74) is 4.13. The number of carbonyl (C=O) groups excluding carboxylic acids is 2. The molecular weight excluding hydrogens is 553 g/mol. The monoisotopic (exact) mass is 567 g/mol. The van der Waals surface area contributed by atoms with Gasteiger partial charge in [0.05, 0.1) is 16.9 Å². The zero-order valence-corrected chi connectivity index (χ0v) is 20.8. The second-order valence-electron chi connectivity index (χ2n) is 6.70. The molecular formula is C23H17BrCl3N3O3. The Hall–Kier alpha value is -2.58. The maximum atomic E-state index is 12.1. The van der Waals surface area contributed by atoms with E-state index in [9.17, 15) is 9.59 Å². The maximum absolute atomic E-state index is 12.1. The molecule has 0 heterocycles. The summed E-state index contributed by atoms with van der Waals surface area (Å²) in [6.45, 7) is 0.215. The molecule has 0 radical (unpaired) electrons. The number of hydrazone groups is 1. The van der Waals surface area contributed by atoms with Gasteiger partial charge in [-0.1, -0.05) is 68.9 Å². The summed E-state index contributed by atoms with van der Waals surface area (Å²) < 4.78 is 6.67. The number of anilines is 1. The van der Waals surface area contributed by atoms with E-state index in [0.29, 0.717) is 32.1 Å². The van der Waals surface area contributed by atoms with Crippen molar-refractivity contribution in [1.29, 1.82) is 0 Å². The molecule has 2 amide bonds. The van der Waals surface area contributed by atoms with Gasteiger partial charge >= 0.3 is 0 Å². The average molecular weight is 570 g/mol. The van der Waals surface area contributed by atoms with Crippen LogP contribution in [0.25, 0.3) is 0 Å². The fourth-order valence-corrected chi connectivity index (χ4v) is 3.69. The molecule has 0 spiro atoms. The third kappa shape index (κ3) is 7.75. The molecule has 3 aromatic carbocycles. The highest BCUT2D eigenvalue weighted by Crippen LogP contribution is 2.26. The number of para-hydroxylation sites is 1. The minimum absolute atomic E-state index is 0.215. The predicted octanol–water partition coefficient (Wildman–Crippen LogP) is 6.47. The number of rotatable bonds is 8. The van der Waals surface area contributed by atoms with Crippen LogP contribution in [0.5, 0.6) is 5.75 Å².